The molecule has 0 aliphatic heterocycles. The van der Waals surface area contributed by atoms with Crippen LogP contribution in [0, 0.1) is 0 Å². The number of hydrogen-bond donors (Lipinski definition) is 2. The molecule has 1 aromatic carbocycles. The van der Waals surface area contributed by atoms with Crippen molar-refractivity contribution in [3.63, 3.8) is 0 Å². The van der Waals surface area contributed by atoms with Gasteiger partial charge in [-0.05, 0) is 12.5 Å². The van der Waals surface area contributed by atoms with Crippen molar-refractivity contribution in [2.45, 2.75) is 30.5 Å². The topological polar surface area (TPSA) is 75.4 Å². The van der Waals surface area contributed by atoms with Crippen molar-refractivity contribution in [2.75, 3.05) is 0 Å². The van der Waals surface area contributed by atoms with E-state index in [9.17, 15) is 9.90 Å². The lowest BCUT2D eigenvalue weighted by atomic mass is 10.2. The van der Waals surface area contributed by atoms with E-state index < -0.39 is 11.2 Å². The Kier molecular flexibility index (Phi) is 4.81. The van der Waals surface area contributed by atoms with Crippen LogP contribution in [0.3, 0.4) is 0 Å². The Hall–Kier alpha value is -1.79. The lowest BCUT2D eigenvalue weighted by Gasteiger charge is -2.09. The third-order valence-corrected chi connectivity index (χ3v) is 3.87. The summed E-state index contributed by atoms with van der Waals surface area (Å²) in [6.07, 6.45) is 1.75. The van der Waals surface area contributed by atoms with Crippen LogP contribution in [0.1, 0.15) is 18.2 Å². The zero-order valence-corrected chi connectivity index (χ0v) is 11.9. The average Bonchev–Trinajstić information content (AvgIpc) is 2.82. The Bertz CT molecular complexity index is 583. The number of carbonyl (C=O) groups is 1. The quantitative estimate of drug-likeness (QED) is 0.796. The van der Waals surface area contributed by atoms with Crippen LogP contribution in [0.2, 0.25) is 0 Å². The van der Waals surface area contributed by atoms with E-state index in [1.807, 2.05) is 34.9 Å². The van der Waals surface area contributed by atoms with Gasteiger partial charge in [-0.1, -0.05) is 42.1 Å². The highest BCUT2D eigenvalue weighted by molar-refractivity contribution is 8.00. The molecular weight excluding hydrogens is 276 g/mol. The van der Waals surface area contributed by atoms with Crippen molar-refractivity contribution in [3.8, 4) is 0 Å². The highest BCUT2D eigenvalue weighted by Gasteiger charge is 2.17. The fourth-order valence-corrected chi connectivity index (χ4v) is 2.56. The molecule has 5 nitrogen and oxygen atoms in total. The molecule has 1 aromatic heterocycles. The molecule has 2 rings (SSSR count). The molecule has 0 spiro atoms. The van der Waals surface area contributed by atoms with Gasteiger partial charge >= 0.3 is 5.97 Å². The van der Waals surface area contributed by atoms with Crippen molar-refractivity contribution >= 4 is 17.7 Å². The number of imidazole rings is 1. The van der Waals surface area contributed by atoms with Crippen LogP contribution in [-0.2, 0) is 17.9 Å². The first kappa shape index (κ1) is 14.6. The highest BCUT2D eigenvalue weighted by Crippen LogP contribution is 2.24. The van der Waals surface area contributed by atoms with E-state index in [2.05, 4.69) is 4.98 Å². The summed E-state index contributed by atoms with van der Waals surface area (Å²) in [6, 6.07) is 9.83. The number of nitrogens with zero attached hydrogens (tertiary/aromatic N) is 2. The molecule has 0 saturated carbocycles. The Morgan fingerprint density at radius 2 is 2.10 bits per heavy atom. The second-order valence-electron chi connectivity index (χ2n) is 4.38. The Morgan fingerprint density at radius 3 is 2.70 bits per heavy atom. The van der Waals surface area contributed by atoms with Crippen LogP contribution in [0.15, 0.2) is 41.7 Å². The molecule has 0 radical (unpaired) electrons. The maximum Gasteiger partial charge on any atom is 0.316 e. The van der Waals surface area contributed by atoms with Gasteiger partial charge in [-0.15, -0.1) is 0 Å². The Labute approximate surface area is 121 Å². The molecule has 0 fully saturated rings. The van der Waals surface area contributed by atoms with E-state index in [0.717, 1.165) is 5.56 Å². The predicted molar refractivity (Wildman–Crippen MR) is 76.6 cm³/mol. The minimum Gasteiger partial charge on any atom is -0.480 e. The number of aliphatic carboxylic acids is 1. The molecule has 2 aromatic rings. The summed E-state index contributed by atoms with van der Waals surface area (Å²) >= 11 is 1.17. The van der Waals surface area contributed by atoms with Gasteiger partial charge in [0.2, 0.25) is 0 Å². The molecule has 6 heteroatoms. The van der Waals surface area contributed by atoms with Gasteiger partial charge in [0.15, 0.2) is 5.16 Å². The highest BCUT2D eigenvalue weighted by atomic mass is 32.2. The minimum atomic E-state index is -0.880. The van der Waals surface area contributed by atoms with E-state index in [1.54, 1.807) is 13.1 Å². The monoisotopic (exact) mass is 292 g/mol. The summed E-state index contributed by atoms with van der Waals surface area (Å²) in [5.74, 6) is -0.880. The molecule has 0 unspecified atom stereocenters. The molecule has 106 valence electrons. The summed E-state index contributed by atoms with van der Waals surface area (Å²) in [4.78, 5) is 15.2. The van der Waals surface area contributed by atoms with Gasteiger partial charge in [0.25, 0.3) is 0 Å². The standard InChI is InChI=1S/C14H16N2O3S/c1-10(13(18)19)20-14-15-12(9-17)8-16(14)7-11-5-3-2-4-6-11/h2-6,8,10,17H,7,9H2,1H3,(H,18,19)/t10-/m1/s1. The molecule has 1 atom stereocenters. The summed E-state index contributed by atoms with van der Waals surface area (Å²) < 4.78 is 1.87. The third kappa shape index (κ3) is 3.61. The third-order valence-electron chi connectivity index (χ3n) is 2.78. The Balaban J connectivity index is 2.22. The minimum absolute atomic E-state index is 0.156. The van der Waals surface area contributed by atoms with E-state index >= 15 is 0 Å². The van der Waals surface area contributed by atoms with Crippen molar-refractivity contribution < 1.29 is 15.0 Å². The number of benzene rings is 1. The van der Waals surface area contributed by atoms with Crippen LogP contribution in [0.5, 0.6) is 0 Å². The summed E-state index contributed by atoms with van der Waals surface area (Å²) in [6.45, 7) is 2.06. The number of aliphatic hydroxyl groups is 1. The number of hydrogen-bond acceptors (Lipinski definition) is 4. The first-order valence-electron chi connectivity index (χ1n) is 6.20. The lowest BCUT2D eigenvalue weighted by Crippen LogP contribution is -2.13. The summed E-state index contributed by atoms with van der Waals surface area (Å²) in [5, 5.41) is 18.2. The van der Waals surface area contributed by atoms with Crippen LogP contribution >= 0.6 is 11.8 Å². The van der Waals surface area contributed by atoms with Crippen LogP contribution in [-0.4, -0.2) is 31.0 Å². The van der Waals surface area contributed by atoms with E-state index in [4.69, 9.17) is 5.11 Å². The normalized spacial score (nSPS) is 12.3. The average molecular weight is 292 g/mol. The van der Waals surface area contributed by atoms with Gasteiger partial charge in [-0.2, -0.15) is 0 Å². The van der Waals surface area contributed by atoms with Crippen LogP contribution in [0.25, 0.3) is 0 Å². The van der Waals surface area contributed by atoms with Crippen molar-refractivity contribution in [1.82, 2.24) is 9.55 Å². The maximum absolute atomic E-state index is 10.9. The molecule has 0 aliphatic carbocycles. The maximum atomic E-state index is 10.9. The van der Waals surface area contributed by atoms with Gasteiger partial charge in [0.1, 0.15) is 5.25 Å². The van der Waals surface area contributed by atoms with Crippen LogP contribution in [0.4, 0.5) is 0 Å². The zero-order valence-electron chi connectivity index (χ0n) is 11.1. The zero-order chi connectivity index (χ0) is 14.5. The van der Waals surface area contributed by atoms with Gasteiger partial charge in [-0.25, -0.2) is 4.98 Å². The van der Waals surface area contributed by atoms with Gasteiger partial charge < -0.3 is 14.8 Å². The SMILES string of the molecule is C[C@@H](Sc1nc(CO)cn1Cc1ccccc1)C(=O)O. The fourth-order valence-electron chi connectivity index (χ4n) is 1.72. The molecule has 0 aliphatic rings. The Morgan fingerprint density at radius 1 is 1.40 bits per heavy atom. The second kappa shape index (κ2) is 6.58. The van der Waals surface area contributed by atoms with Gasteiger partial charge in [0.05, 0.1) is 12.3 Å². The molecular formula is C14H16N2O3S. The van der Waals surface area contributed by atoms with Gasteiger partial charge in [0, 0.05) is 12.7 Å². The van der Waals surface area contributed by atoms with Crippen molar-refractivity contribution in [3.05, 3.63) is 47.8 Å². The first-order valence-corrected chi connectivity index (χ1v) is 7.08. The lowest BCUT2D eigenvalue weighted by molar-refractivity contribution is -0.136. The smallest absolute Gasteiger partial charge is 0.316 e. The second-order valence-corrected chi connectivity index (χ2v) is 5.69. The molecule has 20 heavy (non-hydrogen) atoms. The van der Waals surface area contributed by atoms with Gasteiger partial charge in [-0.3, -0.25) is 4.79 Å². The van der Waals surface area contributed by atoms with E-state index in [0.29, 0.717) is 17.4 Å². The number of thioether (sulfide) groups is 1. The molecule has 1 heterocycles. The number of aliphatic hydroxyl groups excluding tert-OH is 1. The number of carboxylic acid groups (broad SMARTS) is 1. The number of rotatable bonds is 6. The van der Waals surface area contributed by atoms with Crippen LogP contribution < -0.4 is 0 Å². The predicted octanol–water partition coefficient (Wildman–Crippen LogP) is 1.99. The molecule has 0 amide bonds. The van der Waals surface area contributed by atoms with E-state index in [-0.39, 0.29) is 6.61 Å². The summed E-state index contributed by atoms with van der Waals surface area (Å²) in [7, 11) is 0. The summed E-state index contributed by atoms with van der Waals surface area (Å²) in [5.41, 5.74) is 1.64. The molecule has 2 N–H and O–H groups in total. The number of carboxylic acids is 1. The number of aromatic nitrogens is 2. The molecule has 0 saturated heterocycles. The fraction of sp³-hybridized carbons (Fsp3) is 0.286. The molecule has 0 bridgehead atoms. The van der Waals surface area contributed by atoms with E-state index in [1.165, 1.54) is 11.8 Å². The van der Waals surface area contributed by atoms with Crippen molar-refractivity contribution in [2.24, 2.45) is 0 Å². The largest absolute Gasteiger partial charge is 0.480 e. The van der Waals surface area contributed by atoms with Crippen molar-refractivity contribution in [1.29, 1.82) is 0 Å². The first-order chi connectivity index (χ1) is 9.60.